The zero-order chi connectivity index (χ0) is 10.8. The van der Waals surface area contributed by atoms with Crippen LogP contribution in [0.3, 0.4) is 0 Å². The molecule has 76 valence electrons. The van der Waals surface area contributed by atoms with Crippen molar-refractivity contribution in [3.05, 3.63) is 12.2 Å². The molecule has 1 rings (SSSR count). The molecule has 2 unspecified atom stereocenters. The van der Waals surface area contributed by atoms with Gasteiger partial charge in [-0.3, -0.25) is 9.59 Å². The number of hydrogen-bond acceptors (Lipinski definition) is 3. The van der Waals surface area contributed by atoms with Gasteiger partial charge in [-0.05, 0) is 12.8 Å². The Labute approximate surface area is 80.0 Å². The minimum Gasteiger partial charge on any atom is -0.481 e. The van der Waals surface area contributed by atoms with E-state index in [0.29, 0.717) is 6.42 Å². The summed E-state index contributed by atoms with van der Waals surface area (Å²) in [5.74, 6) is -3.82. The van der Waals surface area contributed by atoms with E-state index in [-0.39, 0.29) is 12.7 Å². The van der Waals surface area contributed by atoms with Crippen LogP contribution in [0.15, 0.2) is 12.2 Å². The number of allylic oxidation sites excluding steroid dienone is 1. The molecule has 2 N–H and O–H groups in total. The van der Waals surface area contributed by atoms with Crippen molar-refractivity contribution >= 4 is 18.2 Å². The molecule has 0 bridgehead atoms. The quantitative estimate of drug-likeness (QED) is 0.386. The van der Waals surface area contributed by atoms with Gasteiger partial charge in [-0.1, -0.05) is 12.2 Å². The summed E-state index contributed by atoms with van der Waals surface area (Å²) < 4.78 is 0. The minimum absolute atomic E-state index is 0.177. The Balaban J connectivity index is 3.17. The summed E-state index contributed by atoms with van der Waals surface area (Å²) >= 11 is 0. The molecule has 0 saturated carbocycles. The van der Waals surface area contributed by atoms with Gasteiger partial charge in [0.25, 0.3) is 0 Å². The second-order valence-corrected chi connectivity index (χ2v) is 3.23. The summed E-state index contributed by atoms with van der Waals surface area (Å²) in [5, 5.41) is 17.7. The van der Waals surface area contributed by atoms with Crippen molar-refractivity contribution in [2.45, 2.75) is 12.8 Å². The molecular formula is C9H10O5. The van der Waals surface area contributed by atoms with Crippen LogP contribution in [0.1, 0.15) is 12.8 Å². The molecule has 0 aliphatic heterocycles. The smallest absolute Gasteiger partial charge is 0.321 e. The van der Waals surface area contributed by atoms with Crippen molar-refractivity contribution in [3.8, 4) is 0 Å². The molecule has 1 aliphatic carbocycles. The van der Waals surface area contributed by atoms with Crippen molar-refractivity contribution in [1.29, 1.82) is 0 Å². The molecule has 2 atom stereocenters. The number of carbonyl (C=O) groups excluding carboxylic acids is 1. The molecule has 0 amide bonds. The van der Waals surface area contributed by atoms with E-state index >= 15 is 0 Å². The summed E-state index contributed by atoms with van der Waals surface area (Å²) in [6.07, 6.45) is 3.56. The first kappa shape index (κ1) is 10.4. The molecule has 0 aromatic heterocycles. The third kappa shape index (κ3) is 1.41. The maximum atomic E-state index is 10.9. The Bertz CT molecular complexity index is 306. The summed E-state index contributed by atoms with van der Waals surface area (Å²) in [6.45, 7) is 0. The monoisotopic (exact) mass is 198 g/mol. The Morgan fingerprint density at radius 2 is 2.07 bits per heavy atom. The van der Waals surface area contributed by atoms with Gasteiger partial charge in [0.1, 0.15) is 6.29 Å². The zero-order valence-electron chi connectivity index (χ0n) is 7.34. The van der Waals surface area contributed by atoms with E-state index in [1.54, 1.807) is 0 Å². The van der Waals surface area contributed by atoms with Crippen LogP contribution >= 0.6 is 0 Å². The highest BCUT2D eigenvalue weighted by atomic mass is 16.4. The van der Waals surface area contributed by atoms with Crippen molar-refractivity contribution in [1.82, 2.24) is 0 Å². The summed E-state index contributed by atoms with van der Waals surface area (Å²) in [4.78, 5) is 32.4. The predicted octanol–water partition coefficient (Wildman–Crippen LogP) is 0.307. The normalized spacial score (nSPS) is 31.0. The standard InChI is InChI=1S/C9H10O5/c10-5-9(8(13)14)4-2-1-3-6(9)7(11)12/h2,4-6H,1,3H2,(H,11,12)(H,13,14). The largest absolute Gasteiger partial charge is 0.481 e. The number of carboxylic acids is 2. The molecule has 0 aromatic carbocycles. The van der Waals surface area contributed by atoms with Gasteiger partial charge in [-0.15, -0.1) is 0 Å². The van der Waals surface area contributed by atoms with E-state index in [9.17, 15) is 14.4 Å². The Morgan fingerprint density at radius 1 is 1.43 bits per heavy atom. The number of carbonyl (C=O) groups is 3. The predicted molar refractivity (Wildman–Crippen MR) is 45.6 cm³/mol. The van der Waals surface area contributed by atoms with E-state index in [0.717, 1.165) is 0 Å². The summed E-state index contributed by atoms with van der Waals surface area (Å²) in [5.41, 5.74) is -1.88. The Kier molecular flexibility index (Phi) is 2.69. The van der Waals surface area contributed by atoms with Crippen LogP contribution in [0.4, 0.5) is 0 Å². The first-order chi connectivity index (χ1) is 6.54. The van der Waals surface area contributed by atoms with Gasteiger partial charge in [0.2, 0.25) is 0 Å². The molecule has 0 saturated heterocycles. The summed E-state index contributed by atoms with van der Waals surface area (Å²) in [7, 11) is 0. The Hall–Kier alpha value is -1.65. The van der Waals surface area contributed by atoms with E-state index in [2.05, 4.69) is 0 Å². The number of hydrogen-bond donors (Lipinski definition) is 2. The molecule has 5 heteroatoms. The number of aldehydes is 1. The molecule has 5 nitrogen and oxygen atoms in total. The number of carboxylic acid groups (broad SMARTS) is 2. The van der Waals surface area contributed by atoms with Crippen molar-refractivity contribution in [2.75, 3.05) is 0 Å². The van der Waals surface area contributed by atoms with E-state index in [1.165, 1.54) is 12.2 Å². The molecular weight excluding hydrogens is 188 g/mol. The molecule has 14 heavy (non-hydrogen) atoms. The van der Waals surface area contributed by atoms with Crippen LogP contribution in [-0.4, -0.2) is 28.4 Å². The van der Waals surface area contributed by atoms with Gasteiger partial charge in [-0.25, -0.2) is 0 Å². The van der Waals surface area contributed by atoms with Crippen molar-refractivity contribution < 1.29 is 24.6 Å². The zero-order valence-corrected chi connectivity index (χ0v) is 7.34. The fourth-order valence-corrected chi connectivity index (χ4v) is 1.62. The average Bonchev–Trinajstić information content (AvgIpc) is 2.17. The van der Waals surface area contributed by atoms with Crippen LogP contribution in [0.2, 0.25) is 0 Å². The van der Waals surface area contributed by atoms with Gasteiger partial charge in [0.05, 0.1) is 5.92 Å². The third-order valence-electron chi connectivity index (χ3n) is 2.46. The fraction of sp³-hybridized carbons (Fsp3) is 0.444. The first-order valence-electron chi connectivity index (χ1n) is 4.15. The van der Waals surface area contributed by atoms with Crippen LogP contribution in [0.25, 0.3) is 0 Å². The molecule has 0 spiro atoms. The maximum Gasteiger partial charge on any atom is 0.321 e. The van der Waals surface area contributed by atoms with E-state index in [1.807, 2.05) is 0 Å². The van der Waals surface area contributed by atoms with Gasteiger partial charge < -0.3 is 15.0 Å². The lowest BCUT2D eigenvalue weighted by molar-refractivity contribution is -0.161. The molecule has 0 radical (unpaired) electrons. The molecule has 1 aliphatic rings. The van der Waals surface area contributed by atoms with Gasteiger partial charge in [0, 0.05) is 0 Å². The average molecular weight is 198 g/mol. The van der Waals surface area contributed by atoms with Gasteiger partial charge in [-0.2, -0.15) is 0 Å². The molecule has 0 aromatic rings. The molecule has 0 heterocycles. The van der Waals surface area contributed by atoms with Crippen molar-refractivity contribution in [3.63, 3.8) is 0 Å². The number of rotatable bonds is 3. The fourth-order valence-electron chi connectivity index (χ4n) is 1.62. The van der Waals surface area contributed by atoms with Crippen molar-refractivity contribution in [2.24, 2.45) is 11.3 Å². The highest BCUT2D eigenvalue weighted by Gasteiger charge is 2.48. The minimum atomic E-state index is -1.88. The topological polar surface area (TPSA) is 91.7 Å². The lowest BCUT2D eigenvalue weighted by atomic mass is 9.71. The van der Waals surface area contributed by atoms with Crippen LogP contribution in [-0.2, 0) is 14.4 Å². The second kappa shape index (κ2) is 3.61. The number of aliphatic carboxylic acids is 2. The Morgan fingerprint density at radius 3 is 2.43 bits per heavy atom. The van der Waals surface area contributed by atoms with E-state index < -0.39 is 23.3 Å². The second-order valence-electron chi connectivity index (χ2n) is 3.23. The van der Waals surface area contributed by atoms with Gasteiger partial charge >= 0.3 is 11.9 Å². The first-order valence-corrected chi connectivity index (χ1v) is 4.15. The van der Waals surface area contributed by atoms with Crippen LogP contribution < -0.4 is 0 Å². The molecule has 0 fully saturated rings. The lowest BCUT2D eigenvalue weighted by Gasteiger charge is -2.29. The SMILES string of the molecule is O=CC1(C(=O)O)C=CCCC1C(=O)O. The maximum absolute atomic E-state index is 10.9. The van der Waals surface area contributed by atoms with Gasteiger partial charge in [0.15, 0.2) is 5.41 Å². The lowest BCUT2D eigenvalue weighted by Crippen LogP contribution is -2.43. The highest BCUT2D eigenvalue weighted by molar-refractivity contribution is 5.99. The van der Waals surface area contributed by atoms with E-state index in [4.69, 9.17) is 10.2 Å². The highest BCUT2D eigenvalue weighted by Crippen LogP contribution is 2.35. The van der Waals surface area contributed by atoms with Crippen LogP contribution in [0.5, 0.6) is 0 Å². The van der Waals surface area contributed by atoms with Crippen LogP contribution in [0, 0.1) is 11.3 Å². The third-order valence-corrected chi connectivity index (χ3v) is 2.46. The summed E-state index contributed by atoms with van der Waals surface area (Å²) in [6, 6.07) is 0.